The molecule has 0 fully saturated rings. The average molecular weight is 251 g/mol. The van der Waals surface area contributed by atoms with Gasteiger partial charge < -0.3 is 9.90 Å². The van der Waals surface area contributed by atoms with Crippen molar-refractivity contribution in [2.24, 2.45) is 0 Å². The molecule has 3 nitrogen and oxygen atoms in total. The maximum atomic E-state index is 8.89. The van der Waals surface area contributed by atoms with Gasteiger partial charge in [0.15, 0.2) is 12.4 Å². The summed E-state index contributed by atoms with van der Waals surface area (Å²) in [5.41, 5.74) is 1.48. The van der Waals surface area contributed by atoms with E-state index in [9.17, 15) is 0 Å². The van der Waals surface area contributed by atoms with Crippen molar-refractivity contribution in [3.8, 4) is 0 Å². The first-order chi connectivity index (χ1) is 8.60. The Balaban J connectivity index is 0.000000631. The number of carbonyl (C=O) groups is 1. The van der Waals surface area contributed by atoms with Gasteiger partial charge in [-0.25, -0.2) is 4.57 Å². The Bertz CT molecular complexity index is 310. The third kappa shape index (κ3) is 9.82. The summed E-state index contributed by atoms with van der Waals surface area (Å²) in [7, 11) is 0. The van der Waals surface area contributed by atoms with Crippen LogP contribution in [0.5, 0.6) is 0 Å². The van der Waals surface area contributed by atoms with Gasteiger partial charge in [-0.2, -0.15) is 0 Å². The van der Waals surface area contributed by atoms with Crippen LogP contribution in [0, 0.1) is 0 Å². The van der Waals surface area contributed by atoms with Gasteiger partial charge in [0, 0.05) is 24.0 Å². The second kappa shape index (κ2) is 10.8. The molecular weight excluding hydrogens is 226 g/mol. The van der Waals surface area contributed by atoms with Crippen LogP contribution in [0.1, 0.15) is 52.0 Å². The number of aliphatic carboxylic acids is 1. The van der Waals surface area contributed by atoms with Crippen LogP contribution in [-0.4, -0.2) is 5.97 Å². The lowest BCUT2D eigenvalue weighted by Crippen LogP contribution is -2.33. The summed E-state index contributed by atoms with van der Waals surface area (Å²) >= 11 is 0. The molecule has 0 radical (unpaired) electrons. The fourth-order valence-corrected chi connectivity index (χ4v) is 1.58. The molecule has 0 aliphatic heterocycles. The average Bonchev–Trinajstić information content (AvgIpc) is 2.34. The van der Waals surface area contributed by atoms with Crippen molar-refractivity contribution in [3.63, 3.8) is 0 Å². The van der Waals surface area contributed by atoms with E-state index in [2.05, 4.69) is 42.9 Å². The lowest BCUT2D eigenvalue weighted by Gasteiger charge is -1.99. The predicted molar refractivity (Wildman–Crippen MR) is 70.8 cm³/mol. The van der Waals surface area contributed by atoms with Crippen LogP contribution in [-0.2, 0) is 17.8 Å². The molecule has 0 aliphatic carbocycles. The van der Waals surface area contributed by atoms with Gasteiger partial charge in [-0.1, -0.05) is 26.7 Å². The monoisotopic (exact) mass is 251 g/mol. The first-order valence-electron chi connectivity index (χ1n) is 6.75. The van der Waals surface area contributed by atoms with Gasteiger partial charge >= 0.3 is 0 Å². The molecule has 0 atom stereocenters. The van der Waals surface area contributed by atoms with Crippen molar-refractivity contribution < 1.29 is 14.5 Å². The van der Waals surface area contributed by atoms with E-state index in [0.717, 1.165) is 13.5 Å². The first-order valence-corrected chi connectivity index (χ1v) is 6.75. The van der Waals surface area contributed by atoms with Crippen molar-refractivity contribution in [3.05, 3.63) is 30.1 Å². The van der Waals surface area contributed by atoms with E-state index in [4.69, 9.17) is 9.90 Å². The van der Waals surface area contributed by atoms with Crippen LogP contribution in [0.2, 0.25) is 0 Å². The number of pyridine rings is 1. The van der Waals surface area contributed by atoms with Crippen LogP contribution in [0.15, 0.2) is 24.5 Å². The van der Waals surface area contributed by atoms with Crippen LogP contribution < -0.4 is 9.67 Å². The van der Waals surface area contributed by atoms with E-state index in [1.165, 1.54) is 37.7 Å². The van der Waals surface area contributed by atoms with E-state index >= 15 is 0 Å². The second-order valence-corrected chi connectivity index (χ2v) is 4.40. The summed E-state index contributed by atoms with van der Waals surface area (Å²) < 4.78 is 2.31. The molecule has 18 heavy (non-hydrogen) atoms. The van der Waals surface area contributed by atoms with Crippen molar-refractivity contribution in [1.82, 2.24) is 0 Å². The highest BCUT2D eigenvalue weighted by Crippen LogP contribution is 2.01. The van der Waals surface area contributed by atoms with Gasteiger partial charge in [-0.3, -0.25) is 0 Å². The number of aromatic nitrogens is 1. The SMILES string of the molecule is CC(=O)[O-].CCCCc1ccc[n+](CCCC)c1. The fraction of sp³-hybridized carbons (Fsp3) is 0.600. The number of aryl methyl sites for hydroxylation is 2. The van der Waals surface area contributed by atoms with Crippen molar-refractivity contribution in [2.75, 3.05) is 0 Å². The summed E-state index contributed by atoms with van der Waals surface area (Å²) in [6.45, 7) is 6.62. The molecule has 0 aromatic carbocycles. The van der Waals surface area contributed by atoms with E-state index in [0.29, 0.717) is 0 Å². The topological polar surface area (TPSA) is 44.0 Å². The minimum atomic E-state index is -1.08. The smallest absolute Gasteiger partial charge is 0.171 e. The Morgan fingerprint density at radius 3 is 2.44 bits per heavy atom. The van der Waals surface area contributed by atoms with Crippen LogP contribution in [0.3, 0.4) is 0 Å². The van der Waals surface area contributed by atoms with E-state index < -0.39 is 5.97 Å². The summed E-state index contributed by atoms with van der Waals surface area (Å²) in [5.74, 6) is -1.08. The number of hydrogen-bond donors (Lipinski definition) is 0. The lowest BCUT2D eigenvalue weighted by molar-refractivity contribution is -0.697. The third-order valence-corrected chi connectivity index (χ3v) is 2.51. The lowest BCUT2D eigenvalue weighted by atomic mass is 10.1. The second-order valence-electron chi connectivity index (χ2n) is 4.40. The molecule has 0 saturated heterocycles. The normalized spacial score (nSPS) is 9.50. The predicted octanol–water partition coefficient (Wildman–Crippen LogP) is 1.87. The minimum absolute atomic E-state index is 0.972. The van der Waals surface area contributed by atoms with Gasteiger partial charge in [0.2, 0.25) is 0 Å². The number of hydrogen-bond acceptors (Lipinski definition) is 2. The molecule has 0 spiro atoms. The molecule has 1 heterocycles. The molecule has 0 amide bonds. The quantitative estimate of drug-likeness (QED) is 0.724. The Kier molecular flexibility index (Phi) is 9.93. The van der Waals surface area contributed by atoms with E-state index in [1.807, 2.05) is 0 Å². The molecule has 1 rings (SSSR count). The van der Waals surface area contributed by atoms with Crippen LogP contribution in [0.25, 0.3) is 0 Å². The van der Waals surface area contributed by atoms with Crippen LogP contribution in [0.4, 0.5) is 0 Å². The summed E-state index contributed by atoms with van der Waals surface area (Å²) in [4.78, 5) is 8.89. The summed E-state index contributed by atoms with van der Waals surface area (Å²) in [6, 6.07) is 4.40. The Hall–Kier alpha value is -1.38. The maximum Gasteiger partial charge on any atom is 0.171 e. The van der Waals surface area contributed by atoms with Gasteiger partial charge in [0.25, 0.3) is 0 Å². The largest absolute Gasteiger partial charge is 0.550 e. The number of rotatable bonds is 6. The Morgan fingerprint density at radius 2 is 1.89 bits per heavy atom. The van der Waals surface area contributed by atoms with Gasteiger partial charge in [0.1, 0.15) is 6.54 Å². The van der Waals surface area contributed by atoms with Crippen molar-refractivity contribution >= 4 is 5.97 Å². The van der Waals surface area contributed by atoms with Crippen LogP contribution >= 0.6 is 0 Å². The molecule has 1 aromatic heterocycles. The van der Waals surface area contributed by atoms with Crippen molar-refractivity contribution in [2.45, 2.75) is 59.4 Å². The highest BCUT2D eigenvalue weighted by Gasteiger charge is 2.01. The van der Waals surface area contributed by atoms with Gasteiger partial charge in [0.05, 0.1) is 0 Å². The van der Waals surface area contributed by atoms with Crippen molar-refractivity contribution in [1.29, 1.82) is 0 Å². The highest BCUT2D eigenvalue weighted by molar-refractivity contribution is 5.60. The van der Waals surface area contributed by atoms with Gasteiger partial charge in [-0.15, -0.1) is 0 Å². The summed E-state index contributed by atoms with van der Waals surface area (Å²) in [6.07, 6.45) is 10.8. The number of carboxylic acid groups (broad SMARTS) is 1. The molecule has 3 heteroatoms. The Labute approximate surface area is 110 Å². The summed E-state index contributed by atoms with van der Waals surface area (Å²) in [5, 5.41) is 8.89. The van der Waals surface area contributed by atoms with E-state index in [1.54, 1.807) is 0 Å². The maximum absolute atomic E-state index is 8.89. The number of carbonyl (C=O) groups excluding carboxylic acids is 1. The zero-order valence-electron chi connectivity index (χ0n) is 11.8. The standard InChI is InChI=1S/C13H22N.C2H4O2/c1-3-5-8-13-9-7-11-14(12-13)10-6-4-2;1-2(3)4/h7,9,11-12H,3-6,8,10H2,1-2H3;1H3,(H,3,4)/q+1;/p-1. The minimum Gasteiger partial charge on any atom is -0.550 e. The number of nitrogens with zero attached hydrogens (tertiary/aromatic N) is 1. The van der Waals surface area contributed by atoms with E-state index in [-0.39, 0.29) is 0 Å². The third-order valence-electron chi connectivity index (χ3n) is 2.51. The number of unbranched alkanes of at least 4 members (excludes halogenated alkanes) is 2. The molecule has 0 bridgehead atoms. The molecule has 0 N–H and O–H groups in total. The zero-order chi connectivity index (χ0) is 13.8. The highest BCUT2D eigenvalue weighted by atomic mass is 16.4. The fourth-order valence-electron chi connectivity index (χ4n) is 1.58. The molecule has 0 saturated carbocycles. The zero-order valence-corrected chi connectivity index (χ0v) is 11.8. The first kappa shape index (κ1) is 16.6. The molecule has 0 aliphatic rings. The number of carboxylic acids is 1. The molecule has 1 aromatic rings. The molecule has 0 unspecified atom stereocenters. The molecule has 102 valence electrons. The van der Waals surface area contributed by atoms with Gasteiger partial charge in [-0.05, 0) is 25.8 Å². The molecular formula is C15H25NO2. The Morgan fingerprint density at radius 1 is 1.28 bits per heavy atom.